The Balaban J connectivity index is 3.10. The van der Waals surface area contributed by atoms with Crippen LogP contribution in [-0.2, 0) is 0 Å². The zero-order valence-corrected chi connectivity index (χ0v) is 13.0. The average molecular weight is 283 g/mol. The summed E-state index contributed by atoms with van der Waals surface area (Å²) in [5.74, 6) is 1.92. The van der Waals surface area contributed by atoms with E-state index in [0.29, 0.717) is 29.9 Å². The lowest BCUT2D eigenvalue weighted by molar-refractivity contribution is 0.319. The number of hydrogen-bond donors (Lipinski definition) is 0. The topological polar surface area (TPSA) is 18.5 Å². The summed E-state index contributed by atoms with van der Waals surface area (Å²) < 4.78 is 11.2. The van der Waals surface area contributed by atoms with Gasteiger partial charge in [-0.25, -0.2) is 0 Å². The molecule has 0 radical (unpaired) electrons. The highest BCUT2D eigenvalue weighted by atomic mass is 35.5. The fraction of sp³-hybridized carbons (Fsp3) is 0.500. The van der Waals surface area contributed by atoms with E-state index in [1.807, 2.05) is 32.9 Å². The third-order valence-corrected chi connectivity index (χ3v) is 3.22. The molecule has 0 fully saturated rings. The smallest absolute Gasteiger partial charge is 0.141 e. The minimum absolute atomic E-state index is 0.367. The van der Waals surface area contributed by atoms with Crippen LogP contribution in [-0.4, -0.2) is 13.2 Å². The van der Waals surface area contributed by atoms with Gasteiger partial charge in [-0.2, -0.15) is 0 Å². The molecule has 0 bridgehead atoms. The molecule has 1 rings (SSSR count). The number of allylic oxidation sites excluding steroid dienone is 2. The molecule has 0 heterocycles. The van der Waals surface area contributed by atoms with Crippen LogP contribution in [0.5, 0.6) is 11.5 Å². The van der Waals surface area contributed by atoms with Crippen molar-refractivity contribution in [2.24, 2.45) is 0 Å². The summed E-state index contributed by atoms with van der Waals surface area (Å²) in [5.41, 5.74) is 1.13. The van der Waals surface area contributed by atoms with Gasteiger partial charge in [0.15, 0.2) is 0 Å². The van der Waals surface area contributed by atoms with Gasteiger partial charge < -0.3 is 9.47 Å². The second-order valence-electron chi connectivity index (χ2n) is 4.39. The van der Waals surface area contributed by atoms with Crippen molar-refractivity contribution in [1.82, 2.24) is 0 Å². The molecular weight excluding hydrogens is 260 g/mol. The molecular formula is C16H23ClO2. The maximum absolute atomic E-state index is 6.26. The Labute approximate surface area is 121 Å². The summed E-state index contributed by atoms with van der Waals surface area (Å²) in [7, 11) is 0. The van der Waals surface area contributed by atoms with Gasteiger partial charge in [0.1, 0.15) is 11.5 Å². The Hall–Kier alpha value is -1.15. The molecule has 0 saturated heterocycles. The molecule has 1 aromatic carbocycles. The monoisotopic (exact) mass is 282 g/mol. The van der Waals surface area contributed by atoms with Gasteiger partial charge in [-0.05, 0) is 44.7 Å². The number of benzene rings is 1. The second-order valence-corrected chi connectivity index (χ2v) is 4.80. The maximum atomic E-state index is 6.26. The zero-order chi connectivity index (χ0) is 14.3. The van der Waals surface area contributed by atoms with Crippen LogP contribution in [0, 0.1) is 0 Å². The van der Waals surface area contributed by atoms with Crippen molar-refractivity contribution in [1.29, 1.82) is 0 Å². The van der Waals surface area contributed by atoms with Gasteiger partial charge in [-0.3, -0.25) is 0 Å². The van der Waals surface area contributed by atoms with Gasteiger partial charge in [0.25, 0.3) is 0 Å². The highest BCUT2D eigenvalue weighted by molar-refractivity contribution is 6.32. The molecule has 0 N–H and O–H groups in total. The van der Waals surface area contributed by atoms with Gasteiger partial charge in [0.05, 0.1) is 18.2 Å². The predicted octanol–water partition coefficient (Wildman–Crippen LogP) is 5.21. The van der Waals surface area contributed by atoms with Crippen molar-refractivity contribution in [3.8, 4) is 11.5 Å². The van der Waals surface area contributed by atoms with Crippen LogP contribution in [0.4, 0.5) is 0 Å². The normalized spacial score (nSPS) is 12.7. The zero-order valence-electron chi connectivity index (χ0n) is 12.2. The van der Waals surface area contributed by atoms with Crippen LogP contribution in [0.1, 0.15) is 45.6 Å². The standard InChI is InChI=1S/C16H23ClO2/c1-5-8-9-12(4)13-10-14(17)16(19-7-3)11-15(13)18-6-2/h5,8,10-12H,6-7,9H2,1-4H3/b8-5-. The van der Waals surface area contributed by atoms with Gasteiger partial charge in [-0.1, -0.05) is 30.7 Å². The summed E-state index contributed by atoms with van der Waals surface area (Å²) in [5, 5.41) is 0.646. The van der Waals surface area contributed by atoms with Crippen molar-refractivity contribution >= 4 is 11.6 Å². The van der Waals surface area contributed by atoms with E-state index in [1.54, 1.807) is 0 Å². The first-order valence-electron chi connectivity index (χ1n) is 6.84. The molecule has 0 aliphatic heterocycles. The van der Waals surface area contributed by atoms with E-state index in [0.717, 1.165) is 17.7 Å². The molecule has 0 aliphatic rings. The number of halogens is 1. The van der Waals surface area contributed by atoms with E-state index in [-0.39, 0.29) is 0 Å². The number of rotatable bonds is 7. The molecule has 3 heteroatoms. The lowest BCUT2D eigenvalue weighted by Gasteiger charge is -2.18. The molecule has 0 saturated carbocycles. The Bertz CT molecular complexity index is 427. The lowest BCUT2D eigenvalue weighted by atomic mass is 9.96. The molecule has 2 nitrogen and oxygen atoms in total. The highest BCUT2D eigenvalue weighted by Crippen LogP contribution is 2.37. The van der Waals surface area contributed by atoms with E-state index in [9.17, 15) is 0 Å². The summed E-state index contributed by atoms with van der Waals surface area (Å²) >= 11 is 6.26. The lowest BCUT2D eigenvalue weighted by Crippen LogP contribution is -2.02. The van der Waals surface area contributed by atoms with Crippen molar-refractivity contribution in [3.63, 3.8) is 0 Å². The molecule has 1 atom stereocenters. The van der Waals surface area contributed by atoms with Crippen molar-refractivity contribution in [3.05, 3.63) is 34.9 Å². The first-order valence-corrected chi connectivity index (χ1v) is 7.21. The largest absolute Gasteiger partial charge is 0.493 e. The molecule has 0 aromatic heterocycles. The number of ether oxygens (including phenoxy) is 2. The van der Waals surface area contributed by atoms with Crippen LogP contribution < -0.4 is 9.47 Å². The Kier molecular flexibility index (Phi) is 6.79. The first kappa shape index (κ1) is 15.9. The van der Waals surface area contributed by atoms with Gasteiger partial charge >= 0.3 is 0 Å². The van der Waals surface area contributed by atoms with Crippen LogP contribution in [0.3, 0.4) is 0 Å². The fourth-order valence-corrected chi connectivity index (χ4v) is 2.18. The van der Waals surface area contributed by atoms with E-state index < -0.39 is 0 Å². The maximum Gasteiger partial charge on any atom is 0.141 e. The summed E-state index contributed by atoms with van der Waals surface area (Å²) in [6, 6.07) is 3.86. The van der Waals surface area contributed by atoms with Crippen LogP contribution >= 0.6 is 11.6 Å². The third kappa shape index (κ3) is 4.46. The van der Waals surface area contributed by atoms with Gasteiger partial charge in [0, 0.05) is 6.07 Å². The van der Waals surface area contributed by atoms with Gasteiger partial charge in [-0.15, -0.1) is 0 Å². The Morgan fingerprint density at radius 1 is 1.16 bits per heavy atom. The van der Waals surface area contributed by atoms with Crippen molar-refractivity contribution < 1.29 is 9.47 Å². The average Bonchev–Trinajstić information content (AvgIpc) is 2.40. The molecule has 19 heavy (non-hydrogen) atoms. The summed E-state index contributed by atoms with van der Waals surface area (Å²) in [4.78, 5) is 0. The molecule has 106 valence electrons. The SMILES string of the molecule is C/C=C\CC(C)c1cc(Cl)c(OCC)cc1OCC. The quantitative estimate of drug-likeness (QED) is 0.639. The molecule has 0 spiro atoms. The molecule has 0 aliphatic carbocycles. The van der Waals surface area contributed by atoms with Crippen LogP contribution in [0.25, 0.3) is 0 Å². The Morgan fingerprint density at radius 2 is 1.79 bits per heavy atom. The van der Waals surface area contributed by atoms with E-state index >= 15 is 0 Å². The molecule has 0 amide bonds. The molecule has 1 unspecified atom stereocenters. The minimum Gasteiger partial charge on any atom is -0.493 e. The van der Waals surface area contributed by atoms with Crippen molar-refractivity contribution in [2.75, 3.05) is 13.2 Å². The predicted molar refractivity (Wildman–Crippen MR) is 81.6 cm³/mol. The van der Waals surface area contributed by atoms with E-state index in [1.165, 1.54) is 0 Å². The third-order valence-electron chi connectivity index (χ3n) is 2.92. The van der Waals surface area contributed by atoms with Crippen LogP contribution in [0.15, 0.2) is 24.3 Å². The summed E-state index contributed by atoms with van der Waals surface area (Å²) in [6.07, 6.45) is 5.19. The second kappa shape index (κ2) is 8.11. The molecule has 1 aromatic rings. The Morgan fingerprint density at radius 3 is 2.37 bits per heavy atom. The highest BCUT2D eigenvalue weighted by Gasteiger charge is 2.15. The van der Waals surface area contributed by atoms with Crippen LogP contribution in [0.2, 0.25) is 5.02 Å². The van der Waals surface area contributed by atoms with E-state index in [4.69, 9.17) is 21.1 Å². The summed E-state index contributed by atoms with van der Waals surface area (Å²) in [6.45, 7) is 9.36. The number of hydrogen-bond acceptors (Lipinski definition) is 2. The minimum atomic E-state index is 0.367. The van der Waals surface area contributed by atoms with Crippen molar-refractivity contribution in [2.45, 2.75) is 40.0 Å². The van der Waals surface area contributed by atoms with Gasteiger partial charge in [0.2, 0.25) is 0 Å². The fourth-order valence-electron chi connectivity index (χ4n) is 1.95. The first-order chi connectivity index (χ1) is 9.13. The van der Waals surface area contributed by atoms with E-state index in [2.05, 4.69) is 19.1 Å².